The fourth-order valence-corrected chi connectivity index (χ4v) is 5.33. The minimum absolute atomic E-state index is 0.0898. The summed E-state index contributed by atoms with van der Waals surface area (Å²) in [4.78, 5) is 40.4. The Bertz CT molecular complexity index is 1300. The molecule has 9 heteroatoms. The Hall–Kier alpha value is -3.49. The first-order chi connectivity index (χ1) is 17.4. The highest BCUT2D eigenvalue weighted by Crippen LogP contribution is 2.35. The van der Waals surface area contributed by atoms with E-state index < -0.39 is 5.25 Å². The fourth-order valence-electron chi connectivity index (χ4n) is 4.30. The number of para-hydroxylation sites is 1. The highest BCUT2D eigenvalue weighted by Gasteiger charge is 2.33. The number of nitrogens with one attached hydrogen (secondary N) is 1. The third kappa shape index (κ3) is 5.05. The van der Waals surface area contributed by atoms with Crippen molar-refractivity contribution in [3.8, 4) is 5.75 Å². The maximum absolute atomic E-state index is 13.4. The molecule has 1 saturated heterocycles. The lowest BCUT2D eigenvalue weighted by Gasteiger charge is -2.40. The molecular weight excluding hydrogens is 498 g/mol. The van der Waals surface area contributed by atoms with Gasteiger partial charge in [0.15, 0.2) is 0 Å². The molecule has 2 aliphatic rings. The number of hydrogen-bond donors (Lipinski definition) is 1. The predicted octanol–water partition coefficient (Wildman–Crippen LogP) is 5.25. The number of carbonyl (C=O) groups excluding carboxylic acids is 3. The Kier molecular flexibility index (Phi) is 6.89. The van der Waals surface area contributed by atoms with Gasteiger partial charge in [-0.2, -0.15) is 0 Å². The van der Waals surface area contributed by atoms with E-state index in [1.807, 2.05) is 67.6 Å². The van der Waals surface area contributed by atoms with Gasteiger partial charge in [0.2, 0.25) is 5.91 Å². The standard InChI is InChI=1S/C27H24ClN3O4S/c1-17(15-35-21-10-7-18(8-11-21)13-24-25(32)29-27(34)36-24)30-16-31(20-5-3-2-4-6-20)23-12-9-19(28)14-22(23)26(30)33/h2-12,14,17,24H,13,15-16H2,1H3,(H,29,32,34). The predicted molar refractivity (Wildman–Crippen MR) is 141 cm³/mol. The van der Waals surface area contributed by atoms with Crippen molar-refractivity contribution in [3.05, 3.63) is 88.9 Å². The monoisotopic (exact) mass is 521 g/mol. The third-order valence-electron chi connectivity index (χ3n) is 6.24. The molecule has 0 bridgehead atoms. The number of nitrogens with zero attached hydrogens (tertiary/aromatic N) is 2. The van der Waals surface area contributed by atoms with Crippen LogP contribution >= 0.6 is 23.4 Å². The molecule has 0 saturated carbocycles. The van der Waals surface area contributed by atoms with Crippen molar-refractivity contribution in [1.82, 2.24) is 10.2 Å². The molecule has 3 aromatic carbocycles. The molecule has 184 valence electrons. The molecule has 3 amide bonds. The Morgan fingerprint density at radius 1 is 1.06 bits per heavy atom. The van der Waals surface area contributed by atoms with Crippen LogP contribution in [0.15, 0.2) is 72.8 Å². The minimum Gasteiger partial charge on any atom is -0.491 e. The number of ether oxygens (including phenoxy) is 1. The zero-order valence-electron chi connectivity index (χ0n) is 19.5. The molecular formula is C27H24ClN3O4S. The summed E-state index contributed by atoms with van der Waals surface area (Å²) in [5.74, 6) is 0.323. The van der Waals surface area contributed by atoms with Crippen molar-refractivity contribution in [2.45, 2.75) is 24.6 Å². The van der Waals surface area contributed by atoms with E-state index in [1.54, 1.807) is 17.0 Å². The molecule has 2 atom stereocenters. The number of carbonyl (C=O) groups is 3. The second-order valence-corrected chi connectivity index (χ2v) is 10.3. The molecule has 7 nitrogen and oxygen atoms in total. The van der Waals surface area contributed by atoms with E-state index in [4.69, 9.17) is 16.3 Å². The Morgan fingerprint density at radius 3 is 2.50 bits per heavy atom. The van der Waals surface area contributed by atoms with E-state index in [2.05, 4.69) is 10.2 Å². The number of thioether (sulfide) groups is 1. The second kappa shape index (κ2) is 10.2. The van der Waals surface area contributed by atoms with Gasteiger partial charge in [0.25, 0.3) is 11.1 Å². The van der Waals surface area contributed by atoms with E-state index in [1.165, 1.54) is 0 Å². The Labute approximate surface area is 218 Å². The average Bonchev–Trinajstić information content (AvgIpc) is 3.20. The number of rotatable bonds is 7. The molecule has 2 aliphatic heterocycles. The molecule has 0 radical (unpaired) electrons. The lowest BCUT2D eigenvalue weighted by molar-refractivity contribution is -0.118. The summed E-state index contributed by atoms with van der Waals surface area (Å²) in [6.07, 6.45) is 0.471. The molecule has 36 heavy (non-hydrogen) atoms. The molecule has 0 aliphatic carbocycles. The summed E-state index contributed by atoms with van der Waals surface area (Å²) in [6.45, 7) is 2.65. The SMILES string of the molecule is CC(COc1ccc(CC2SC(=O)NC2=O)cc1)N1CN(c2ccccc2)c2ccc(Cl)cc2C1=O. The van der Waals surface area contributed by atoms with Crippen LogP contribution in [0, 0.1) is 0 Å². The Balaban J connectivity index is 1.27. The van der Waals surface area contributed by atoms with E-state index in [0.717, 1.165) is 28.7 Å². The van der Waals surface area contributed by atoms with Crippen molar-refractivity contribution in [2.75, 3.05) is 18.2 Å². The van der Waals surface area contributed by atoms with E-state index in [9.17, 15) is 14.4 Å². The Morgan fingerprint density at radius 2 is 1.81 bits per heavy atom. The van der Waals surface area contributed by atoms with Crippen molar-refractivity contribution in [3.63, 3.8) is 0 Å². The molecule has 1 fully saturated rings. The summed E-state index contributed by atoms with van der Waals surface area (Å²) in [6, 6.07) is 22.6. The quantitative estimate of drug-likeness (QED) is 0.457. The lowest BCUT2D eigenvalue weighted by Crippen LogP contribution is -2.50. The van der Waals surface area contributed by atoms with Gasteiger partial charge in [0.05, 0.1) is 29.2 Å². The van der Waals surface area contributed by atoms with Crippen molar-refractivity contribution in [1.29, 1.82) is 0 Å². The molecule has 0 aromatic heterocycles. The van der Waals surface area contributed by atoms with Crippen molar-refractivity contribution in [2.24, 2.45) is 0 Å². The second-order valence-electron chi connectivity index (χ2n) is 8.73. The summed E-state index contributed by atoms with van der Waals surface area (Å²) < 4.78 is 6.01. The largest absolute Gasteiger partial charge is 0.491 e. The third-order valence-corrected chi connectivity index (χ3v) is 7.45. The van der Waals surface area contributed by atoms with Crippen LogP contribution in [0.25, 0.3) is 0 Å². The van der Waals surface area contributed by atoms with Gasteiger partial charge >= 0.3 is 0 Å². The maximum atomic E-state index is 13.4. The van der Waals surface area contributed by atoms with Crippen molar-refractivity contribution >= 4 is 51.8 Å². The fraction of sp³-hybridized carbons (Fsp3) is 0.222. The van der Waals surface area contributed by atoms with Crippen LogP contribution in [0.2, 0.25) is 5.02 Å². The van der Waals surface area contributed by atoms with Gasteiger partial charge in [0.1, 0.15) is 12.4 Å². The number of imide groups is 1. The van der Waals surface area contributed by atoms with Gasteiger partial charge < -0.3 is 14.5 Å². The van der Waals surface area contributed by atoms with Crippen LogP contribution in [0.3, 0.4) is 0 Å². The zero-order valence-corrected chi connectivity index (χ0v) is 21.1. The first kappa shape index (κ1) is 24.2. The number of fused-ring (bicyclic) bond motifs is 1. The lowest BCUT2D eigenvalue weighted by atomic mass is 10.1. The van der Waals surface area contributed by atoms with Gasteiger partial charge in [0, 0.05) is 10.7 Å². The van der Waals surface area contributed by atoms with Gasteiger partial charge in [-0.25, -0.2) is 0 Å². The van der Waals surface area contributed by atoms with Crippen LogP contribution in [0.1, 0.15) is 22.8 Å². The number of benzene rings is 3. The van der Waals surface area contributed by atoms with Gasteiger partial charge in [-0.3, -0.25) is 19.7 Å². The van der Waals surface area contributed by atoms with Gasteiger partial charge in [-0.15, -0.1) is 0 Å². The normalized spacial score (nSPS) is 18.2. The molecule has 0 spiro atoms. The summed E-state index contributed by atoms with van der Waals surface area (Å²) in [5, 5.41) is 2.11. The van der Waals surface area contributed by atoms with Crippen LogP contribution < -0.4 is 15.0 Å². The van der Waals surface area contributed by atoms with Crippen LogP contribution in [-0.4, -0.2) is 46.5 Å². The summed E-state index contributed by atoms with van der Waals surface area (Å²) >= 11 is 7.25. The van der Waals surface area contributed by atoms with Crippen LogP contribution in [0.4, 0.5) is 16.2 Å². The topological polar surface area (TPSA) is 79.0 Å². The smallest absolute Gasteiger partial charge is 0.286 e. The van der Waals surface area contributed by atoms with E-state index in [0.29, 0.717) is 36.0 Å². The first-order valence-electron chi connectivity index (χ1n) is 11.6. The molecule has 5 rings (SSSR count). The first-order valence-corrected chi connectivity index (χ1v) is 12.8. The minimum atomic E-state index is -0.404. The molecule has 2 unspecified atom stereocenters. The summed E-state index contributed by atoms with van der Waals surface area (Å²) in [7, 11) is 0. The average molecular weight is 522 g/mol. The zero-order chi connectivity index (χ0) is 25.2. The molecule has 1 N–H and O–H groups in total. The number of amides is 3. The molecule has 2 heterocycles. The van der Waals surface area contributed by atoms with E-state index >= 15 is 0 Å². The number of hydrogen-bond acceptors (Lipinski definition) is 6. The van der Waals surface area contributed by atoms with Gasteiger partial charge in [-0.1, -0.05) is 53.7 Å². The summed E-state index contributed by atoms with van der Waals surface area (Å²) in [5.41, 5.74) is 3.31. The molecule has 3 aromatic rings. The van der Waals surface area contributed by atoms with Gasteiger partial charge in [-0.05, 0) is 61.4 Å². The van der Waals surface area contributed by atoms with Crippen molar-refractivity contribution < 1.29 is 19.1 Å². The number of anilines is 2. The van der Waals surface area contributed by atoms with Crippen LogP contribution in [-0.2, 0) is 11.2 Å². The highest BCUT2D eigenvalue weighted by molar-refractivity contribution is 8.15. The van der Waals surface area contributed by atoms with E-state index in [-0.39, 0.29) is 23.1 Å². The maximum Gasteiger partial charge on any atom is 0.286 e. The van der Waals surface area contributed by atoms with Crippen LogP contribution in [0.5, 0.6) is 5.75 Å². The highest BCUT2D eigenvalue weighted by atomic mass is 35.5. The number of halogens is 1.